The average molecular weight is 370 g/mol. The van der Waals surface area contributed by atoms with Crippen molar-refractivity contribution >= 4 is 31.9 Å². The van der Waals surface area contributed by atoms with Crippen molar-refractivity contribution in [2.45, 2.75) is 24.3 Å². The molecular weight excluding hydrogens is 357 g/mol. The lowest BCUT2D eigenvalue weighted by molar-refractivity contribution is 0.0691. The highest BCUT2D eigenvalue weighted by atomic mass is 79.9. The van der Waals surface area contributed by atoms with Crippen LogP contribution < -0.4 is 4.72 Å². The first-order valence-electron chi connectivity index (χ1n) is 5.59. The van der Waals surface area contributed by atoms with Crippen molar-refractivity contribution in [3.05, 3.63) is 28.0 Å². The molecule has 0 aliphatic heterocycles. The molecule has 1 atom stereocenters. The van der Waals surface area contributed by atoms with E-state index >= 15 is 0 Å². The fraction of sp³-hybridized carbons (Fsp3) is 0.364. The number of aliphatic hydroxyl groups excluding tert-OH is 1. The van der Waals surface area contributed by atoms with Crippen LogP contribution in [0.25, 0.3) is 0 Å². The van der Waals surface area contributed by atoms with Gasteiger partial charge in [-0.1, -0.05) is 22.9 Å². The molecule has 0 aromatic heterocycles. The second kappa shape index (κ2) is 6.61. The van der Waals surface area contributed by atoms with Gasteiger partial charge in [0.1, 0.15) is 4.90 Å². The zero-order chi connectivity index (χ0) is 15.5. The van der Waals surface area contributed by atoms with Crippen molar-refractivity contribution in [3.63, 3.8) is 0 Å². The SMILES string of the molecule is CCC(O)CNS(=O)(=O)c1cc(Br)cc(C(=O)O)c1F. The molecule has 1 unspecified atom stereocenters. The molecule has 3 N–H and O–H groups in total. The Morgan fingerprint density at radius 2 is 2.10 bits per heavy atom. The minimum absolute atomic E-state index is 0.118. The van der Waals surface area contributed by atoms with Gasteiger partial charge in [0.2, 0.25) is 10.0 Å². The fourth-order valence-electron chi connectivity index (χ4n) is 1.34. The molecule has 9 heteroatoms. The van der Waals surface area contributed by atoms with Gasteiger partial charge in [0.15, 0.2) is 5.82 Å². The van der Waals surface area contributed by atoms with Gasteiger partial charge in [0.05, 0.1) is 11.7 Å². The number of aromatic carboxylic acids is 1. The van der Waals surface area contributed by atoms with Crippen LogP contribution in [0.15, 0.2) is 21.5 Å². The minimum Gasteiger partial charge on any atom is -0.478 e. The van der Waals surface area contributed by atoms with Crippen LogP contribution in [0.3, 0.4) is 0 Å². The molecular formula is C11H13BrFNO5S. The van der Waals surface area contributed by atoms with Gasteiger partial charge >= 0.3 is 5.97 Å². The van der Waals surface area contributed by atoms with Gasteiger partial charge in [0, 0.05) is 11.0 Å². The molecule has 0 fully saturated rings. The van der Waals surface area contributed by atoms with Crippen molar-refractivity contribution < 1.29 is 27.8 Å². The Kier molecular flexibility index (Phi) is 5.63. The summed E-state index contributed by atoms with van der Waals surface area (Å²) >= 11 is 2.93. The number of carboxylic acid groups (broad SMARTS) is 1. The number of benzene rings is 1. The van der Waals surface area contributed by atoms with Gasteiger partial charge in [-0.05, 0) is 18.6 Å². The van der Waals surface area contributed by atoms with E-state index in [1.165, 1.54) is 0 Å². The predicted octanol–water partition coefficient (Wildman–Crippen LogP) is 1.34. The van der Waals surface area contributed by atoms with E-state index in [4.69, 9.17) is 5.11 Å². The van der Waals surface area contributed by atoms with Gasteiger partial charge < -0.3 is 10.2 Å². The number of carboxylic acids is 1. The van der Waals surface area contributed by atoms with E-state index in [-0.39, 0.29) is 11.0 Å². The second-order valence-corrected chi connectivity index (χ2v) is 6.64. The van der Waals surface area contributed by atoms with Crippen LogP contribution >= 0.6 is 15.9 Å². The van der Waals surface area contributed by atoms with E-state index < -0.39 is 38.4 Å². The standard InChI is InChI=1S/C11H13BrFNO5S/c1-2-7(15)5-14-20(18,19)9-4-6(12)3-8(10(9)13)11(16)17/h3-4,7,14-15H,2,5H2,1H3,(H,16,17). The molecule has 1 aromatic carbocycles. The number of sulfonamides is 1. The van der Waals surface area contributed by atoms with Crippen molar-refractivity contribution in [3.8, 4) is 0 Å². The molecule has 0 amide bonds. The summed E-state index contributed by atoms with van der Waals surface area (Å²) in [5.74, 6) is -2.92. The molecule has 0 aliphatic rings. The largest absolute Gasteiger partial charge is 0.478 e. The summed E-state index contributed by atoms with van der Waals surface area (Å²) in [6.07, 6.45) is -0.580. The van der Waals surface area contributed by atoms with Gasteiger partial charge in [-0.15, -0.1) is 0 Å². The lowest BCUT2D eigenvalue weighted by Crippen LogP contribution is -2.32. The smallest absolute Gasteiger partial charge is 0.338 e. The van der Waals surface area contributed by atoms with Gasteiger partial charge in [-0.2, -0.15) is 0 Å². The third-order valence-corrected chi connectivity index (χ3v) is 4.38. The predicted molar refractivity (Wildman–Crippen MR) is 72.5 cm³/mol. The first-order chi connectivity index (χ1) is 9.19. The monoisotopic (exact) mass is 369 g/mol. The van der Waals surface area contributed by atoms with Crippen molar-refractivity contribution in [1.82, 2.24) is 4.72 Å². The summed E-state index contributed by atoms with van der Waals surface area (Å²) in [6.45, 7) is 1.37. The third-order valence-electron chi connectivity index (χ3n) is 2.50. The Hall–Kier alpha value is -1.03. The number of halogens is 2. The summed E-state index contributed by atoms with van der Waals surface area (Å²) in [5, 5.41) is 18.1. The summed E-state index contributed by atoms with van der Waals surface area (Å²) < 4.78 is 39.9. The maximum absolute atomic E-state index is 13.9. The highest BCUT2D eigenvalue weighted by Crippen LogP contribution is 2.24. The van der Waals surface area contributed by atoms with E-state index in [1.807, 2.05) is 4.72 Å². The molecule has 1 aromatic rings. The quantitative estimate of drug-likeness (QED) is 0.701. The van der Waals surface area contributed by atoms with Crippen molar-refractivity contribution in [1.29, 1.82) is 0 Å². The van der Waals surface area contributed by atoms with Crippen LogP contribution in [0.1, 0.15) is 23.7 Å². The molecule has 0 aliphatic carbocycles. The maximum atomic E-state index is 13.9. The highest BCUT2D eigenvalue weighted by molar-refractivity contribution is 9.10. The molecule has 20 heavy (non-hydrogen) atoms. The third kappa shape index (κ3) is 3.98. The first-order valence-corrected chi connectivity index (χ1v) is 7.86. The molecule has 112 valence electrons. The van der Waals surface area contributed by atoms with E-state index in [2.05, 4.69) is 15.9 Å². The Balaban J connectivity index is 3.21. The number of hydrogen-bond acceptors (Lipinski definition) is 4. The molecule has 6 nitrogen and oxygen atoms in total. The Morgan fingerprint density at radius 1 is 1.50 bits per heavy atom. The van der Waals surface area contributed by atoms with Gasteiger partial charge in [-0.25, -0.2) is 22.3 Å². The first kappa shape index (κ1) is 17.0. The lowest BCUT2D eigenvalue weighted by atomic mass is 10.2. The van der Waals surface area contributed by atoms with Gasteiger partial charge in [-0.3, -0.25) is 0 Å². The molecule has 0 radical (unpaired) electrons. The van der Waals surface area contributed by atoms with Crippen LogP contribution in [0, 0.1) is 5.82 Å². The number of hydrogen-bond donors (Lipinski definition) is 3. The van der Waals surface area contributed by atoms with Crippen molar-refractivity contribution in [2.24, 2.45) is 0 Å². The zero-order valence-corrected chi connectivity index (χ0v) is 12.8. The number of aliphatic hydroxyl groups is 1. The Morgan fingerprint density at radius 3 is 2.60 bits per heavy atom. The Bertz CT molecular complexity index is 619. The fourth-order valence-corrected chi connectivity index (χ4v) is 3.15. The van der Waals surface area contributed by atoms with Crippen LogP contribution in [0.5, 0.6) is 0 Å². The average Bonchev–Trinajstić information content (AvgIpc) is 2.37. The molecule has 0 spiro atoms. The maximum Gasteiger partial charge on any atom is 0.338 e. The van der Waals surface area contributed by atoms with Crippen LogP contribution in [-0.4, -0.2) is 37.2 Å². The summed E-state index contributed by atoms with van der Waals surface area (Å²) in [5.41, 5.74) is -0.754. The summed E-state index contributed by atoms with van der Waals surface area (Å²) in [7, 11) is -4.25. The minimum atomic E-state index is -4.25. The molecule has 0 saturated carbocycles. The Labute approximate surface area is 123 Å². The van der Waals surface area contributed by atoms with Crippen LogP contribution in [0.4, 0.5) is 4.39 Å². The topological polar surface area (TPSA) is 104 Å². The zero-order valence-electron chi connectivity index (χ0n) is 10.4. The molecule has 0 heterocycles. The van der Waals surface area contributed by atoms with E-state index in [1.54, 1.807) is 6.92 Å². The van der Waals surface area contributed by atoms with Gasteiger partial charge in [0.25, 0.3) is 0 Å². The number of rotatable bonds is 6. The summed E-state index contributed by atoms with van der Waals surface area (Å²) in [4.78, 5) is 10.1. The number of nitrogens with one attached hydrogen (secondary N) is 1. The lowest BCUT2D eigenvalue weighted by Gasteiger charge is -2.12. The molecule has 0 bridgehead atoms. The number of carbonyl (C=O) groups is 1. The molecule has 1 rings (SSSR count). The van der Waals surface area contributed by atoms with Crippen molar-refractivity contribution in [2.75, 3.05) is 6.54 Å². The van der Waals surface area contributed by atoms with E-state index in [9.17, 15) is 22.7 Å². The van der Waals surface area contributed by atoms with E-state index in [0.29, 0.717) is 6.42 Å². The normalized spacial score (nSPS) is 13.2. The van der Waals surface area contributed by atoms with Crippen LogP contribution in [-0.2, 0) is 10.0 Å². The molecule has 0 saturated heterocycles. The van der Waals surface area contributed by atoms with Crippen LogP contribution in [0.2, 0.25) is 0 Å². The second-order valence-electron chi connectivity index (χ2n) is 3.98. The summed E-state index contributed by atoms with van der Waals surface area (Å²) in [6, 6.07) is 1.93. The van der Waals surface area contributed by atoms with E-state index in [0.717, 1.165) is 12.1 Å². The highest BCUT2D eigenvalue weighted by Gasteiger charge is 2.25.